The van der Waals surface area contributed by atoms with Gasteiger partial charge in [-0.25, -0.2) is 0 Å². The lowest BCUT2D eigenvalue weighted by Gasteiger charge is -2.24. The van der Waals surface area contributed by atoms with Crippen LogP contribution in [0.3, 0.4) is 0 Å². The Balaban J connectivity index is 1.70. The van der Waals surface area contributed by atoms with Crippen LogP contribution in [0.5, 0.6) is 5.75 Å². The van der Waals surface area contributed by atoms with Crippen molar-refractivity contribution in [3.8, 4) is 5.75 Å². The summed E-state index contributed by atoms with van der Waals surface area (Å²) in [7, 11) is 0. The van der Waals surface area contributed by atoms with Gasteiger partial charge in [0.15, 0.2) is 0 Å². The van der Waals surface area contributed by atoms with Crippen LogP contribution in [0, 0.1) is 6.92 Å². The maximum Gasteiger partial charge on any atom is 0.262 e. The molecule has 4 rings (SSSR count). The van der Waals surface area contributed by atoms with Gasteiger partial charge in [-0.2, -0.15) is 0 Å². The number of anilines is 2. The van der Waals surface area contributed by atoms with Crippen LogP contribution in [-0.2, 0) is 4.74 Å². The Morgan fingerprint density at radius 2 is 1.74 bits per heavy atom. The molecule has 1 heterocycles. The molecule has 27 heavy (non-hydrogen) atoms. The lowest BCUT2D eigenvalue weighted by molar-refractivity contribution is 0.0999. The van der Waals surface area contributed by atoms with E-state index in [0.29, 0.717) is 12.2 Å². The van der Waals surface area contributed by atoms with Crippen LogP contribution >= 0.6 is 0 Å². The number of hydrogen-bond acceptors (Lipinski definition) is 3. The number of nitrogens with zero attached hydrogens (tertiary/aromatic N) is 1. The fraction of sp³-hybridized carbons (Fsp3) is 0.174. The quantitative estimate of drug-likeness (QED) is 0.597. The molecule has 1 aliphatic heterocycles. The van der Waals surface area contributed by atoms with E-state index in [4.69, 9.17) is 9.47 Å². The molecular weight excluding hydrogens is 338 g/mol. The fourth-order valence-corrected chi connectivity index (χ4v) is 2.93. The second kappa shape index (κ2) is 7.64. The van der Waals surface area contributed by atoms with Crippen molar-refractivity contribution >= 4 is 17.3 Å². The van der Waals surface area contributed by atoms with Crippen LogP contribution in [0.15, 0.2) is 78.9 Å². The van der Waals surface area contributed by atoms with Gasteiger partial charge in [-0.3, -0.25) is 9.69 Å². The highest BCUT2D eigenvalue weighted by Gasteiger charge is 2.24. The Morgan fingerprint density at radius 1 is 1.00 bits per heavy atom. The summed E-state index contributed by atoms with van der Waals surface area (Å²) in [6.07, 6.45) is 0.188. The van der Waals surface area contributed by atoms with Gasteiger partial charge in [0.1, 0.15) is 18.5 Å². The SMILES string of the molecule is Cc1cccc(C(=O)N(c2ccccc2)c2cccc(OCC3CO3)c2)c1. The molecule has 0 bridgehead atoms. The molecule has 4 heteroatoms. The first-order valence-electron chi connectivity index (χ1n) is 9.01. The molecule has 1 amide bonds. The fourth-order valence-electron chi connectivity index (χ4n) is 2.93. The molecule has 136 valence electrons. The number of hydrogen-bond donors (Lipinski definition) is 0. The van der Waals surface area contributed by atoms with Gasteiger partial charge < -0.3 is 9.47 Å². The first kappa shape index (κ1) is 17.3. The van der Waals surface area contributed by atoms with Crippen LogP contribution in [0.25, 0.3) is 0 Å². The smallest absolute Gasteiger partial charge is 0.262 e. The summed E-state index contributed by atoms with van der Waals surface area (Å²) in [5, 5.41) is 0. The minimum Gasteiger partial charge on any atom is -0.491 e. The van der Waals surface area contributed by atoms with Crippen molar-refractivity contribution < 1.29 is 14.3 Å². The lowest BCUT2D eigenvalue weighted by atomic mass is 10.1. The summed E-state index contributed by atoms with van der Waals surface area (Å²) in [6, 6.07) is 24.9. The number of epoxide rings is 1. The normalized spacial score (nSPS) is 15.2. The minimum absolute atomic E-state index is 0.0763. The molecule has 0 aliphatic carbocycles. The van der Waals surface area contributed by atoms with Crippen LogP contribution in [0.4, 0.5) is 11.4 Å². The molecule has 0 saturated carbocycles. The summed E-state index contributed by atoms with van der Waals surface area (Å²) < 4.78 is 11.0. The van der Waals surface area contributed by atoms with E-state index in [0.717, 1.165) is 29.3 Å². The zero-order valence-corrected chi connectivity index (χ0v) is 15.2. The van der Waals surface area contributed by atoms with Crippen molar-refractivity contribution in [3.63, 3.8) is 0 Å². The van der Waals surface area contributed by atoms with Crippen molar-refractivity contribution in [2.24, 2.45) is 0 Å². The Hall–Kier alpha value is -3.11. The van der Waals surface area contributed by atoms with E-state index in [1.165, 1.54) is 0 Å². The summed E-state index contributed by atoms with van der Waals surface area (Å²) in [5.74, 6) is 0.647. The number of carbonyl (C=O) groups is 1. The van der Waals surface area contributed by atoms with Crippen LogP contribution in [0.1, 0.15) is 15.9 Å². The number of rotatable bonds is 6. The third kappa shape index (κ3) is 4.18. The molecular formula is C23H21NO3. The van der Waals surface area contributed by atoms with Gasteiger partial charge in [0.05, 0.1) is 12.3 Å². The van der Waals surface area contributed by atoms with E-state index in [9.17, 15) is 4.79 Å². The van der Waals surface area contributed by atoms with E-state index < -0.39 is 0 Å². The molecule has 0 N–H and O–H groups in total. The predicted molar refractivity (Wildman–Crippen MR) is 106 cm³/mol. The van der Waals surface area contributed by atoms with Gasteiger partial charge in [0, 0.05) is 17.3 Å². The maximum atomic E-state index is 13.4. The molecule has 3 aromatic carbocycles. The number of para-hydroxylation sites is 1. The van der Waals surface area contributed by atoms with Crippen LogP contribution in [-0.4, -0.2) is 25.2 Å². The van der Waals surface area contributed by atoms with Crippen LogP contribution in [0.2, 0.25) is 0 Å². The van der Waals surface area contributed by atoms with Crippen LogP contribution < -0.4 is 9.64 Å². The number of benzene rings is 3. The highest BCUT2D eigenvalue weighted by Crippen LogP contribution is 2.30. The van der Waals surface area contributed by atoms with E-state index in [1.807, 2.05) is 85.8 Å². The summed E-state index contributed by atoms with van der Waals surface area (Å²) in [5.41, 5.74) is 3.28. The summed E-state index contributed by atoms with van der Waals surface area (Å²) in [6.45, 7) is 3.26. The van der Waals surface area contributed by atoms with Crippen molar-refractivity contribution in [2.75, 3.05) is 18.1 Å². The largest absolute Gasteiger partial charge is 0.491 e. The second-order valence-corrected chi connectivity index (χ2v) is 6.61. The molecule has 1 saturated heterocycles. The van der Waals surface area contributed by atoms with Crippen molar-refractivity contribution in [3.05, 3.63) is 90.0 Å². The third-order valence-electron chi connectivity index (χ3n) is 4.40. The second-order valence-electron chi connectivity index (χ2n) is 6.61. The Bertz CT molecular complexity index is 935. The molecule has 0 radical (unpaired) electrons. The van der Waals surface area contributed by atoms with Gasteiger partial charge in [-0.15, -0.1) is 0 Å². The van der Waals surface area contributed by atoms with E-state index in [2.05, 4.69) is 0 Å². The van der Waals surface area contributed by atoms with Crippen molar-refractivity contribution in [1.82, 2.24) is 0 Å². The topological polar surface area (TPSA) is 42.1 Å². The van der Waals surface area contributed by atoms with Gasteiger partial charge in [-0.05, 0) is 43.3 Å². The highest BCUT2D eigenvalue weighted by atomic mass is 16.6. The average molecular weight is 359 g/mol. The number of carbonyl (C=O) groups excluding carboxylic acids is 1. The molecule has 3 aromatic rings. The lowest BCUT2D eigenvalue weighted by Crippen LogP contribution is -2.26. The standard InChI is InChI=1S/C23H21NO3/c1-17-7-5-8-18(13-17)23(25)24(19-9-3-2-4-10-19)20-11-6-12-21(14-20)26-15-22-16-27-22/h2-14,22H,15-16H2,1H3. The summed E-state index contributed by atoms with van der Waals surface area (Å²) in [4.78, 5) is 15.1. The Kier molecular flexibility index (Phi) is 4.90. The zero-order chi connectivity index (χ0) is 18.6. The van der Waals surface area contributed by atoms with Gasteiger partial charge >= 0.3 is 0 Å². The first-order chi connectivity index (χ1) is 13.2. The molecule has 1 atom stereocenters. The molecule has 1 fully saturated rings. The molecule has 1 aliphatic rings. The number of ether oxygens (including phenoxy) is 2. The third-order valence-corrected chi connectivity index (χ3v) is 4.40. The number of aryl methyl sites for hydroxylation is 1. The van der Waals surface area contributed by atoms with Gasteiger partial charge in [0.2, 0.25) is 0 Å². The Morgan fingerprint density at radius 3 is 2.48 bits per heavy atom. The molecule has 0 aromatic heterocycles. The minimum atomic E-state index is -0.0763. The van der Waals surface area contributed by atoms with Gasteiger partial charge in [0.25, 0.3) is 5.91 Å². The predicted octanol–water partition coefficient (Wildman–Crippen LogP) is 4.75. The van der Waals surface area contributed by atoms with E-state index >= 15 is 0 Å². The molecule has 0 spiro atoms. The average Bonchev–Trinajstić information content (AvgIpc) is 3.52. The monoisotopic (exact) mass is 359 g/mol. The van der Waals surface area contributed by atoms with E-state index in [-0.39, 0.29) is 12.0 Å². The van der Waals surface area contributed by atoms with Gasteiger partial charge in [-0.1, -0.05) is 42.0 Å². The zero-order valence-electron chi connectivity index (χ0n) is 15.2. The molecule has 4 nitrogen and oxygen atoms in total. The Labute approximate surface area is 159 Å². The number of amides is 1. The maximum absolute atomic E-state index is 13.4. The van der Waals surface area contributed by atoms with Crippen molar-refractivity contribution in [2.45, 2.75) is 13.0 Å². The highest BCUT2D eigenvalue weighted by molar-refractivity contribution is 6.11. The first-order valence-corrected chi connectivity index (χ1v) is 9.01. The van der Waals surface area contributed by atoms with Crippen molar-refractivity contribution in [1.29, 1.82) is 0 Å². The summed E-state index contributed by atoms with van der Waals surface area (Å²) >= 11 is 0. The van der Waals surface area contributed by atoms with E-state index in [1.54, 1.807) is 4.90 Å². The molecule has 1 unspecified atom stereocenters.